The predicted molar refractivity (Wildman–Crippen MR) is 112 cm³/mol. The fourth-order valence-corrected chi connectivity index (χ4v) is 3.93. The van der Waals surface area contributed by atoms with Crippen LogP contribution in [-0.2, 0) is 16.0 Å². The Morgan fingerprint density at radius 1 is 1.21 bits per heavy atom. The maximum Gasteiger partial charge on any atom is 0.238 e. The molecule has 1 fully saturated rings. The summed E-state index contributed by atoms with van der Waals surface area (Å²) in [7, 11) is 0. The molecule has 0 unspecified atom stereocenters. The van der Waals surface area contributed by atoms with Crippen molar-refractivity contribution >= 4 is 40.5 Å². The zero-order chi connectivity index (χ0) is 19.7. The summed E-state index contributed by atoms with van der Waals surface area (Å²) in [6.45, 7) is 5.04. The summed E-state index contributed by atoms with van der Waals surface area (Å²) in [4.78, 5) is 28.5. The Labute approximate surface area is 169 Å². The highest BCUT2D eigenvalue weighted by Gasteiger charge is 2.25. The molecule has 6 nitrogen and oxygen atoms in total. The van der Waals surface area contributed by atoms with Crippen molar-refractivity contribution in [2.45, 2.75) is 19.4 Å². The van der Waals surface area contributed by atoms with Gasteiger partial charge >= 0.3 is 0 Å². The fourth-order valence-electron chi connectivity index (χ4n) is 3.81. The number of carbonyl (C=O) groups excluding carboxylic acids is 2. The zero-order valence-corrected chi connectivity index (χ0v) is 16.5. The minimum Gasteiger partial charge on any atom is -0.369 e. The van der Waals surface area contributed by atoms with Crippen LogP contribution in [0.1, 0.15) is 12.5 Å². The molecule has 28 heavy (non-hydrogen) atoms. The number of nitrogens with zero attached hydrogens (tertiary/aromatic N) is 2. The summed E-state index contributed by atoms with van der Waals surface area (Å²) in [5, 5.41) is 6.49. The van der Waals surface area contributed by atoms with Gasteiger partial charge in [0, 0.05) is 47.8 Å². The number of halogens is 1. The van der Waals surface area contributed by atoms with Gasteiger partial charge in [-0.25, -0.2) is 0 Å². The van der Waals surface area contributed by atoms with E-state index in [-0.39, 0.29) is 17.9 Å². The minimum absolute atomic E-state index is 0.00846. The van der Waals surface area contributed by atoms with Crippen LogP contribution in [0.15, 0.2) is 42.5 Å². The summed E-state index contributed by atoms with van der Waals surface area (Å²) in [6.07, 6.45) is 0.364. The van der Waals surface area contributed by atoms with E-state index >= 15 is 0 Å². The van der Waals surface area contributed by atoms with Gasteiger partial charge in [0.25, 0.3) is 0 Å². The smallest absolute Gasteiger partial charge is 0.238 e. The lowest BCUT2D eigenvalue weighted by Gasteiger charge is -2.40. The molecule has 2 aromatic rings. The molecule has 7 heteroatoms. The van der Waals surface area contributed by atoms with Crippen molar-refractivity contribution in [3.05, 3.63) is 53.1 Å². The Morgan fingerprint density at radius 3 is 2.75 bits per heavy atom. The molecule has 146 valence electrons. The summed E-state index contributed by atoms with van der Waals surface area (Å²) in [5.74, 6) is -0.0464. The lowest BCUT2D eigenvalue weighted by molar-refractivity contribution is -0.118. The number of benzene rings is 2. The second-order valence-electron chi connectivity index (χ2n) is 7.39. The van der Waals surface area contributed by atoms with E-state index in [2.05, 4.69) is 27.4 Å². The SMILES string of the molecule is C[C@@H]1CN(c2ccc(Cl)cc2)CCN1CC(=O)Nc1ccc2c(c1)CC(=O)N2. The normalized spacial score (nSPS) is 19.3. The van der Waals surface area contributed by atoms with Gasteiger partial charge < -0.3 is 15.5 Å². The van der Waals surface area contributed by atoms with Crippen molar-refractivity contribution in [3.8, 4) is 0 Å². The van der Waals surface area contributed by atoms with E-state index < -0.39 is 0 Å². The molecule has 0 aromatic heterocycles. The first-order chi connectivity index (χ1) is 13.5. The second kappa shape index (κ2) is 7.81. The van der Waals surface area contributed by atoms with E-state index in [4.69, 9.17) is 11.6 Å². The van der Waals surface area contributed by atoms with Crippen molar-refractivity contribution in [2.75, 3.05) is 41.7 Å². The topological polar surface area (TPSA) is 64.7 Å². The number of anilines is 3. The van der Waals surface area contributed by atoms with Crippen molar-refractivity contribution in [1.29, 1.82) is 0 Å². The molecular weight excluding hydrogens is 376 g/mol. The van der Waals surface area contributed by atoms with Crippen LogP contribution in [0.4, 0.5) is 17.1 Å². The van der Waals surface area contributed by atoms with Crippen molar-refractivity contribution in [1.82, 2.24) is 4.90 Å². The Bertz CT molecular complexity index is 900. The Balaban J connectivity index is 1.32. The number of hydrogen-bond acceptors (Lipinski definition) is 4. The standard InChI is InChI=1S/C21H23ClN4O2/c1-14-12-26(18-5-2-16(22)3-6-18)9-8-25(14)13-21(28)23-17-4-7-19-15(10-17)11-20(27)24-19/h2-7,10,14H,8-9,11-13H2,1H3,(H,23,28)(H,24,27)/t14-/m1/s1. The maximum absolute atomic E-state index is 12.5. The van der Waals surface area contributed by atoms with E-state index in [0.29, 0.717) is 13.0 Å². The first kappa shape index (κ1) is 18.8. The molecule has 0 bridgehead atoms. The highest BCUT2D eigenvalue weighted by Crippen LogP contribution is 2.26. The number of rotatable bonds is 4. The van der Waals surface area contributed by atoms with Crippen LogP contribution in [0.3, 0.4) is 0 Å². The molecule has 2 aliphatic rings. The van der Waals surface area contributed by atoms with Gasteiger partial charge in [0.1, 0.15) is 0 Å². The first-order valence-electron chi connectivity index (χ1n) is 9.45. The van der Waals surface area contributed by atoms with E-state index in [1.807, 2.05) is 42.5 Å². The van der Waals surface area contributed by atoms with Crippen LogP contribution in [0, 0.1) is 0 Å². The van der Waals surface area contributed by atoms with Gasteiger partial charge in [0.2, 0.25) is 11.8 Å². The molecule has 2 aromatic carbocycles. The van der Waals surface area contributed by atoms with Gasteiger partial charge in [-0.05, 0) is 55.0 Å². The number of carbonyl (C=O) groups is 2. The van der Waals surface area contributed by atoms with Crippen molar-refractivity contribution in [2.24, 2.45) is 0 Å². The number of nitrogens with one attached hydrogen (secondary N) is 2. The zero-order valence-electron chi connectivity index (χ0n) is 15.7. The molecule has 0 radical (unpaired) electrons. The molecular formula is C21H23ClN4O2. The van der Waals surface area contributed by atoms with Crippen LogP contribution in [0.5, 0.6) is 0 Å². The number of hydrogen-bond donors (Lipinski definition) is 2. The van der Waals surface area contributed by atoms with E-state index in [9.17, 15) is 9.59 Å². The van der Waals surface area contributed by atoms with Crippen molar-refractivity contribution in [3.63, 3.8) is 0 Å². The molecule has 1 atom stereocenters. The Morgan fingerprint density at radius 2 is 2.00 bits per heavy atom. The molecule has 2 aliphatic heterocycles. The van der Waals surface area contributed by atoms with Gasteiger partial charge in [0.05, 0.1) is 13.0 Å². The van der Waals surface area contributed by atoms with Crippen LogP contribution < -0.4 is 15.5 Å². The van der Waals surface area contributed by atoms with E-state index in [0.717, 1.165) is 47.3 Å². The lowest BCUT2D eigenvalue weighted by atomic mass is 10.1. The maximum atomic E-state index is 12.5. The van der Waals surface area contributed by atoms with E-state index in [1.165, 1.54) is 0 Å². The summed E-state index contributed by atoms with van der Waals surface area (Å²) >= 11 is 5.97. The highest BCUT2D eigenvalue weighted by atomic mass is 35.5. The van der Waals surface area contributed by atoms with Gasteiger partial charge in [-0.2, -0.15) is 0 Å². The Kier molecular flexibility index (Phi) is 5.24. The minimum atomic E-state index is -0.0379. The van der Waals surface area contributed by atoms with Crippen LogP contribution in [0.25, 0.3) is 0 Å². The first-order valence-corrected chi connectivity index (χ1v) is 9.83. The van der Waals surface area contributed by atoms with Crippen LogP contribution >= 0.6 is 11.6 Å². The molecule has 2 amide bonds. The summed E-state index contributed by atoms with van der Waals surface area (Å²) < 4.78 is 0. The van der Waals surface area contributed by atoms with Gasteiger partial charge in [-0.15, -0.1) is 0 Å². The predicted octanol–water partition coefficient (Wildman–Crippen LogP) is 2.98. The number of amides is 2. The highest BCUT2D eigenvalue weighted by molar-refractivity contribution is 6.30. The van der Waals surface area contributed by atoms with Crippen LogP contribution in [-0.4, -0.2) is 48.9 Å². The average Bonchev–Trinajstić information content (AvgIpc) is 3.03. The van der Waals surface area contributed by atoms with Gasteiger partial charge in [-0.1, -0.05) is 11.6 Å². The van der Waals surface area contributed by atoms with Crippen molar-refractivity contribution < 1.29 is 9.59 Å². The third-order valence-electron chi connectivity index (χ3n) is 5.32. The molecule has 0 spiro atoms. The Hall–Kier alpha value is -2.57. The number of fused-ring (bicyclic) bond motifs is 1. The second-order valence-corrected chi connectivity index (χ2v) is 7.82. The monoisotopic (exact) mass is 398 g/mol. The third kappa shape index (κ3) is 4.13. The lowest BCUT2D eigenvalue weighted by Crippen LogP contribution is -2.53. The van der Waals surface area contributed by atoms with Crippen LogP contribution in [0.2, 0.25) is 5.02 Å². The largest absolute Gasteiger partial charge is 0.369 e. The van der Waals surface area contributed by atoms with Gasteiger partial charge in [-0.3, -0.25) is 14.5 Å². The van der Waals surface area contributed by atoms with E-state index in [1.54, 1.807) is 0 Å². The summed E-state index contributed by atoms with van der Waals surface area (Å²) in [6, 6.07) is 13.7. The molecule has 4 rings (SSSR count). The average molecular weight is 399 g/mol. The summed E-state index contributed by atoms with van der Waals surface area (Å²) in [5.41, 5.74) is 3.64. The third-order valence-corrected chi connectivity index (χ3v) is 5.57. The molecule has 0 saturated carbocycles. The number of piperazine rings is 1. The molecule has 2 heterocycles. The molecule has 2 N–H and O–H groups in total. The fraction of sp³-hybridized carbons (Fsp3) is 0.333. The molecule has 1 saturated heterocycles. The quantitative estimate of drug-likeness (QED) is 0.831. The molecule has 0 aliphatic carbocycles. The van der Waals surface area contributed by atoms with Gasteiger partial charge in [0.15, 0.2) is 0 Å².